The fourth-order valence-electron chi connectivity index (χ4n) is 3.41. The number of aryl methyl sites for hydroxylation is 10. The fraction of sp³-hybridized carbons (Fsp3) is 0.250. The van der Waals surface area contributed by atoms with Gasteiger partial charge in [0.05, 0.1) is 66.2 Å². The third-order valence-corrected chi connectivity index (χ3v) is 6.56. The van der Waals surface area contributed by atoms with Gasteiger partial charge in [0.2, 0.25) is 25.3 Å². The second kappa shape index (κ2) is 159. The summed E-state index contributed by atoms with van der Waals surface area (Å²) in [7, 11) is 19.5. The molecular weight excluding hydrogens is 1940 g/mol. The summed E-state index contributed by atoms with van der Waals surface area (Å²) >= 11 is 0. The summed E-state index contributed by atoms with van der Waals surface area (Å²) in [5, 5.41) is 0. The van der Waals surface area contributed by atoms with Gasteiger partial charge in [0.1, 0.15) is 49.6 Å². The summed E-state index contributed by atoms with van der Waals surface area (Å²) in [6.07, 6.45) is 55.1. The quantitative estimate of drug-likeness (QED) is 0.106. The molecule has 0 atom stereocenters. The van der Waals surface area contributed by atoms with E-state index in [-0.39, 0.29) is 311 Å². The third kappa shape index (κ3) is 153. The van der Waals surface area contributed by atoms with Crippen LogP contribution in [0.2, 0.25) is 0 Å². The molecule has 0 unspecified atom stereocenters. The van der Waals surface area contributed by atoms with Crippen LogP contribution < -0.4 is 18.3 Å². The van der Waals surface area contributed by atoms with Gasteiger partial charge in [0, 0.05) is 285 Å². The molecule has 10 heterocycles. The predicted molar refractivity (Wildman–Crippen MR) is 245 cm³/mol. The first kappa shape index (κ1) is 227. The second-order valence-electron chi connectivity index (χ2n) is 12.5. The molecule has 0 aliphatic rings. The minimum atomic E-state index is 0. The molecule has 576 valence electrons. The van der Waals surface area contributed by atoms with Crippen molar-refractivity contribution in [3.63, 3.8) is 0 Å². The molecule has 0 aromatic carbocycles. The van der Waals surface area contributed by atoms with E-state index in [1.54, 1.807) is 75.1 Å². The summed E-state index contributed by atoms with van der Waals surface area (Å²) in [5.74, 6) is 0. The first-order chi connectivity index (χ1) is 28.9. The standard InChI is InChI=1S/10C4H6N2.8Mo.26O/c10*1-6-3-2-5-4-6;;;;;;;;;;;;;;;;;;;;;;;;;;;;;;;;;;/h10*2-4H,1H3;;;;;;;;;;;;;;;;;;;;;;;;;;;;;;;;;;/q;;;;;;;;;;;;;;;;;;26*-2/p+4. The van der Waals surface area contributed by atoms with E-state index in [0.717, 1.165) is 0 Å². The van der Waals surface area contributed by atoms with Crippen LogP contribution in [-0.4, -0.2) is 77.2 Å². The smallest absolute Gasteiger partial charge is 0.241 e. The average Bonchev–Trinajstić information content (AvgIpc) is 4.06. The monoisotopic (exact) mass is 2020 g/mol. The Hall–Kier alpha value is -3.43. The van der Waals surface area contributed by atoms with Crippen molar-refractivity contribution in [2.24, 2.45) is 70.5 Å². The number of imidazole rings is 10. The predicted octanol–water partition coefficient (Wildman–Crippen LogP) is -1.23. The van der Waals surface area contributed by atoms with Gasteiger partial charge in [-0.15, -0.1) is 0 Å². The molecule has 0 aliphatic carbocycles. The number of nitrogens with one attached hydrogen (secondary N) is 4. The normalized spacial score (nSPS) is 5.64. The van der Waals surface area contributed by atoms with Crippen LogP contribution in [0, 0.1) is 0 Å². The maximum absolute atomic E-state index is 3.78. The van der Waals surface area contributed by atoms with Crippen LogP contribution >= 0.6 is 0 Å². The zero-order valence-electron chi connectivity index (χ0n) is 50.4. The molecule has 94 heavy (non-hydrogen) atoms. The molecule has 10 aromatic heterocycles. The Balaban J connectivity index is -0.0000000128. The molecule has 0 fully saturated rings. The molecule has 4 N–H and O–H groups in total. The van der Waals surface area contributed by atoms with Crippen molar-refractivity contribution < 1.29 is 329 Å². The molecule has 10 rings (SSSR count). The summed E-state index contributed by atoms with van der Waals surface area (Å²) in [5.41, 5.74) is 0. The minimum Gasteiger partial charge on any atom is -2.00 e. The van der Waals surface area contributed by atoms with E-state index in [2.05, 4.69) is 49.8 Å². The summed E-state index contributed by atoms with van der Waals surface area (Å²) in [6, 6.07) is 0. The van der Waals surface area contributed by atoms with Crippen LogP contribution in [-0.2, 0) is 381 Å². The van der Waals surface area contributed by atoms with Crippen LogP contribution in [0.25, 0.3) is 0 Å². The zero-order valence-corrected chi connectivity index (χ0v) is 66.4. The first-order valence-corrected chi connectivity index (χ1v) is 18.4. The zero-order chi connectivity index (χ0) is 44.1. The average molecular weight is 2010 g/mol. The van der Waals surface area contributed by atoms with Crippen LogP contribution in [0.5, 0.6) is 0 Å². The fourth-order valence-corrected chi connectivity index (χ4v) is 3.41. The maximum atomic E-state index is 3.78. The molecule has 54 heteroatoms. The Morgan fingerprint density at radius 2 is 0.319 bits per heavy atom. The van der Waals surface area contributed by atoms with Gasteiger partial charge in [-0.05, 0) is 0 Å². The molecule has 0 saturated carbocycles. The summed E-state index contributed by atoms with van der Waals surface area (Å²) in [6.45, 7) is 0. The molecule has 0 aliphatic heterocycles. The van der Waals surface area contributed by atoms with Gasteiger partial charge in [0.15, 0.2) is 0 Å². The second-order valence-corrected chi connectivity index (χ2v) is 12.5. The van der Waals surface area contributed by atoms with Crippen molar-refractivity contribution in [1.82, 2.24) is 77.2 Å². The van der Waals surface area contributed by atoms with Gasteiger partial charge in [-0.1, -0.05) is 0 Å². The van der Waals surface area contributed by atoms with Crippen molar-refractivity contribution in [3.8, 4) is 0 Å². The number of aromatic amines is 4. The SMILES string of the molecule is C[n+]1cc[nH]c1.C[n+]1cc[nH]c1.C[n+]1cc[nH]c1.C[n+]1cc[nH]c1.Cn1ccnc1.Cn1ccnc1.Cn1ccnc1.Cn1ccnc1.Cn1ccnc1.Cn1ccnc1.[Mo].[Mo].[Mo].[Mo].[Mo].[Mo].[Mo].[Mo].[O-2].[O-2].[O-2].[O-2].[O-2].[O-2].[O-2].[O-2].[O-2].[O-2].[O-2].[O-2].[O-2].[O-2].[O-2].[O-2].[O-2].[O-2].[O-2].[O-2].[O-2].[O-2].[O-2].[O-2].[O-2].[O-2]. The Morgan fingerprint density at radius 3 is 0.340 bits per heavy atom. The van der Waals surface area contributed by atoms with Crippen molar-refractivity contribution in [2.45, 2.75) is 0 Å². The van der Waals surface area contributed by atoms with Gasteiger partial charge >= 0.3 is 0 Å². The number of aromatic nitrogens is 20. The Morgan fingerprint density at radius 1 is 0.213 bits per heavy atom. The van der Waals surface area contributed by atoms with E-state index >= 15 is 0 Å². The van der Waals surface area contributed by atoms with Crippen molar-refractivity contribution in [2.75, 3.05) is 0 Å². The third-order valence-electron chi connectivity index (χ3n) is 6.56. The molecule has 0 spiro atoms. The first-order valence-electron chi connectivity index (χ1n) is 18.4. The van der Waals surface area contributed by atoms with Crippen LogP contribution in [0.3, 0.4) is 0 Å². The topological polar surface area (TPSA) is 927 Å². The Bertz CT molecular complexity index is 1740. The number of hydrogen-bond acceptors (Lipinski definition) is 6. The van der Waals surface area contributed by atoms with Crippen LogP contribution in [0.1, 0.15) is 0 Å². The van der Waals surface area contributed by atoms with Gasteiger partial charge in [-0.25, -0.2) is 48.2 Å². The number of H-pyrrole nitrogens is 4. The van der Waals surface area contributed by atoms with E-state index < -0.39 is 0 Å². The minimum absolute atomic E-state index is 0. The van der Waals surface area contributed by atoms with Crippen LogP contribution in [0.15, 0.2) is 187 Å². The largest absolute Gasteiger partial charge is 2.00 e. The molecule has 10 aromatic rings. The van der Waals surface area contributed by atoms with E-state index in [9.17, 15) is 0 Å². The molecule has 0 radical (unpaired) electrons. The van der Waals surface area contributed by atoms with Gasteiger partial charge < -0.3 is 170 Å². The summed E-state index contributed by atoms with van der Waals surface area (Å²) < 4.78 is 19.1. The molecule has 0 bridgehead atoms. The molecule has 0 amide bonds. The maximum Gasteiger partial charge on any atom is 0.241 e. The number of nitrogens with zero attached hydrogens (tertiary/aromatic N) is 16. The number of hydrogen-bond donors (Lipinski definition) is 4. The Kier molecular flexibility index (Phi) is 383. The Labute approximate surface area is 658 Å². The van der Waals surface area contributed by atoms with Gasteiger partial charge in [0.25, 0.3) is 0 Å². The van der Waals surface area contributed by atoms with E-state index in [4.69, 9.17) is 0 Å². The van der Waals surface area contributed by atoms with E-state index in [1.807, 2.05) is 228 Å². The molecular formula is C40H64Mo8N20O26-48. The van der Waals surface area contributed by atoms with E-state index in [1.165, 1.54) is 0 Å². The molecule has 0 saturated heterocycles. The van der Waals surface area contributed by atoms with Crippen molar-refractivity contribution in [3.05, 3.63) is 187 Å². The van der Waals surface area contributed by atoms with E-state index in [0.29, 0.717) is 0 Å². The van der Waals surface area contributed by atoms with Gasteiger partial charge in [-0.3, -0.25) is 19.9 Å². The molecule has 46 nitrogen and oxygen atoms in total. The van der Waals surface area contributed by atoms with Gasteiger partial charge in [-0.2, -0.15) is 0 Å². The summed E-state index contributed by atoms with van der Waals surface area (Å²) in [4.78, 5) is 34.3. The van der Waals surface area contributed by atoms with Crippen molar-refractivity contribution in [1.29, 1.82) is 0 Å². The number of rotatable bonds is 0. The van der Waals surface area contributed by atoms with Crippen molar-refractivity contribution >= 4 is 0 Å². The van der Waals surface area contributed by atoms with Crippen LogP contribution in [0.4, 0.5) is 0 Å².